The largest absolute Gasteiger partial charge is 0.461 e. The minimum Gasteiger partial charge on any atom is -0.461 e. The van der Waals surface area contributed by atoms with Crippen molar-refractivity contribution in [3.63, 3.8) is 0 Å². The number of hydrogen-bond acceptors (Lipinski definition) is 6. The third-order valence-electron chi connectivity index (χ3n) is 6.35. The molecule has 2 heterocycles. The van der Waals surface area contributed by atoms with Crippen molar-refractivity contribution in [2.75, 3.05) is 6.61 Å². The summed E-state index contributed by atoms with van der Waals surface area (Å²) in [5, 5.41) is 40.6. The number of hydrogen-bond donors (Lipinski definition) is 5. The molecule has 5 atom stereocenters. The first-order valence-corrected chi connectivity index (χ1v) is 11.4. The summed E-state index contributed by atoms with van der Waals surface area (Å²) in [6, 6.07) is 19.8. The van der Waals surface area contributed by atoms with Gasteiger partial charge in [0.2, 0.25) is 6.29 Å². The van der Waals surface area contributed by atoms with Gasteiger partial charge in [-0.25, -0.2) is 4.39 Å². The van der Waals surface area contributed by atoms with E-state index in [2.05, 4.69) is 4.98 Å². The highest BCUT2D eigenvalue weighted by Gasteiger charge is 2.44. The maximum atomic E-state index is 14.9. The maximum absolute atomic E-state index is 14.9. The lowest BCUT2D eigenvalue weighted by Crippen LogP contribution is -2.60. The third kappa shape index (κ3) is 4.54. The Kier molecular flexibility index (Phi) is 6.55. The zero-order valence-electron chi connectivity index (χ0n) is 18.7. The van der Waals surface area contributed by atoms with Gasteiger partial charge in [0.25, 0.3) is 0 Å². The fourth-order valence-corrected chi connectivity index (χ4v) is 4.49. The van der Waals surface area contributed by atoms with Crippen LogP contribution >= 0.6 is 0 Å². The molecule has 0 spiro atoms. The predicted molar refractivity (Wildman–Crippen MR) is 127 cm³/mol. The van der Waals surface area contributed by atoms with Gasteiger partial charge in [0.1, 0.15) is 36.0 Å². The molecule has 35 heavy (non-hydrogen) atoms. The Morgan fingerprint density at radius 1 is 0.914 bits per heavy atom. The van der Waals surface area contributed by atoms with Gasteiger partial charge in [0.05, 0.1) is 6.61 Å². The molecule has 8 heteroatoms. The minimum atomic E-state index is -1.54. The lowest BCUT2D eigenvalue weighted by molar-refractivity contribution is -0.277. The van der Waals surface area contributed by atoms with Crippen LogP contribution in [0.4, 0.5) is 4.39 Å². The Balaban J connectivity index is 1.43. The number of H-pyrrole nitrogens is 1. The molecule has 4 aromatic rings. The van der Waals surface area contributed by atoms with Crippen molar-refractivity contribution in [3.05, 3.63) is 89.9 Å². The van der Waals surface area contributed by atoms with Gasteiger partial charge >= 0.3 is 0 Å². The first-order valence-electron chi connectivity index (χ1n) is 11.4. The number of aliphatic hydroxyl groups is 4. The highest BCUT2D eigenvalue weighted by Crippen LogP contribution is 2.34. The fraction of sp³-hybridized carbons (Fsp3) is 0.259. The van der Waals surface area contributed by atoms with Crippen molar-refractivity contribution in [2.24, 2.45) is 0 Å². The molecule has 1 saturated heterocycles. The highest BCUT2D eigenvalue weighted by atomic mass is 19.1. The average molecular weight is 480 g/mol. The van der Waals surface area contributed by atoms with E-state index in [1.165, 1.54) is 6.07 Å². The van der Waals surface area contributed by atoms with Crippen LogP contribution in [0.1, 0.15) is 11.1 Å². The summed E-state index contributed by atoms with van der Waals surface area (Å²) in [5.41, 5.74) is 3.71. The minimum absolute atomic E-state index is 0.314. The number of fused-ring (bicyclic) bond motifs is 1. The van der Waals surface area contributed by atoms with Crippen LogP contribution < -0.4 is 4.74 Å². The number of nitrogens with one attached hydrogen (secondary N) is 1. The first-order chi connectivity index (χ1) is 17.0. The van der Waals surface area contributed by atoms with Crippen LogP contribution in [0.2, 0.25) is 0 Å². The number of rotatable bonds is 6. The second-order valence-corrected chi connectivity index (χ2v) is 8.66. The Bertz CT molecular complexity index is 1310. The standard InChI is InChI=1S/C27H26FNO6/c28-19-12-15(9-10-18(19)16-5-2-1-3-6-16)11-17-13-29-20-7-4-8-21(23(17)20)34-27-26(33)25(32)24(31)22(14-30)35-27/h1-10,12-13,22,24-27,29-33H,11,14H2/t22-,24-,25+,26-,27-/m1/s1. The van der Waals surface area contributed by atoms with Crippen molar-refractivity contribution >= 4 is 10.9 Å². The smallest absolute Gasteiger partial charge is 0.229 e. The predicted octanol–water partition coefficient (Wildman–Crippen LogP) is 2.74. The lowest BCUT2D eigenvalue weighted by atomic mass is 9.98. The van der Waals surface area contributed by atoms with Crippen molar-refractivity contribution in [3.8, 4) is 16.9 Å². The molecule has 0 amide bonds. The summed E-state index contributed by atoms with van der Waals surface area (Å²) in [7, 11) is 0. The molecule has 0 aliphatic carbocycles. The Morgan fingerprint density at radius 3 is 2.46 bits per heavy atom. The second kappa shape index (κ2) is 9.77. The van der Waals surface area contributed by atoms with Gasteiger partial charge in [-0.05, 0) is 41.3 Å². The van der Waals surface area contributed by atoms with E-state index in [1.807, 2.05) is 48.7 Å². The van der Waals surface area contributed by atoms with E-state index in [0.717, 1.165) is 27.6 Å². The lowest BCUT2D eigenvalue weighted by Gasteiger charge is -2.39. The number of benzene rings is 3. The molecular weight excluding hydrogens is 453 g/mol. The monoisotopic (exact) mass is 479 g/mol. The molecule has 1 aromatic heterocycles. The quantitative estimate of drug-likeness (QED) is 0.291. The molecule has 5 rings (SSSR count). The summed E-state index contributed by atoms with van der Waals surface area (Å²) in [5.74, 6) is 0.0655. The maximum Gasteiger partial charge on any atom is 0.229 e. The van der Waals surface area contributed by atoms with E-state index in [4.69, 9.17) is 9.47 Å². The normalized spacial score (nSPS) is 24.5. The van der Waals surface area contributed by atoms with Gasteiger partial charge in [-0.15, -0.1) is 0 Å². The van der Waals surface area contributed by atoms with Gasteiger partial charge < -0.3 is 34.9 Å². The molecule has 1 aliphatic heterocycles. The number of halogens is 1. The number of aromatic amines is 1. The van der Waals surface area contributed by atoms with Crippen LogP contribution in [-0.2, 0) is 11.2 Å². The van der Waals surface area contributed by atoms with Crippen LogP contribution in [0.3, 0.4) is 0 Å². The van der Waals surface area contributed by atoms with Gasteiger partial charge in [0, 0.05) is 22.7 Å². The zero-order valence-corrected chi connectivity index (χ0v) is 18.7. The Labute approximate surface area is 201 Å². The molecule has 7 nitrogen and oxygen atoms in total. The zero-order chi connectivity index (χ0) is 24.5. The molecule has 182 valence electrons. The summed E-state index contributed by atoms with van der Waals surface area (Å²) in [6.07, 6.45) is -4.68. The molecule has 0 saturated carbocycles. The summed E-state index contributed by atoms with van der Waals surface area (Å²) < 4.78 is 26.3. The molecule has 1 aliphatic rings. The number of aliphatic hydroxyl groups excluding tert-OH is 4. The molecule has 0 unspecified atom stereocenters. The van der Waals surface area contributed by atoms with Crippen LogP contribution in [0.25, 0.3) is 22.0 Å². The average Bonchev–Trinajstić information content (AvgIpc) is 3.28. The summed E-state index contributed by atoms with van der Waals surface area (Å²) in [4.78, 5) is 3.18. The van der Waals surface area contributed by atoms with Crippen LogP contribution in [0, 0.1) is 5.82 Å². The van der Waals surface area contributed by atoms with Gasteiger partial charge in [-0.1, -0.05) is 48.5 Å². The topological polar surface area (TPSA) is 115 Å². The molecule has 0 radical (unpaired) electrons. The van der Waals surface area contributed by atoms with Gasteiger partial charge in [0.15, 0.2) is 0 Å². The van der Waals surface area contributed by atoms with E-state index in [1.54, 1.807) is 18.2 Å². The molecule has 5 N–H and O–H groups in total. The van der Waals surface area contributed by atoms with E-state index >= 15 is 0 Å². The number of ether oxygens (including phenoxy) is 2. The van der Waals surface area contributed by atoms with Crippen molar-refractivity contribution in [2.45, 2.75) is 37.1 Å². The fourth-order valence-electron chi connectivity index (χ4n) is 4.49. The summed E-state index contributed by atoms with van der Waals surface area (Å²) in [6.45, 7) is -0.547. The van der Waals surface area contributed by atoms with Crippen molar-refractivity contribution in [1.82, 2.24) is 4.98 Å². The second-order valence-electron chi connectivity index (χ2n) is 8.66. The Morgan fingerprint density at radius 2 is 1.71 bits per heavy atom. The van der Waals surface area contributed by atoms with Crippen LogP contribution in [0.5, 0.6) is 5.75 Å². The molecule has 3 aromatic carbocycles. The first kappa shape index (κ1) is 23.5. The SMILES string of the molecule is OC[C@H]1O[C@@H](Oc2cccc3[nH]cc(Cc4ccc(-c5ccccc5)c(F)c4)c23)[C@H](O)[C@@H](O)[C@@H]1O. The summed E-state index contributed by atoms with van der Waals surface area (Å²) >= 11 is 0. The molecular formula is C27H26FNO6. The molecule has 0 bridgehead atoms. The number of aromatic nitrogens is 1. The van der Waals surface area contributed by atoms with Crippen molar-refractivity contribution < 1.29 is 34.3 Å². The van der Waals surface area contributed by atoms with Gasteiger partial charge in [-0.3, -0.25) is 0 Å². The van der Waals surface area contributed by atoms with Crippen molar-refractivity contribution in [1.29, 1.82) is 0 Å². The van der Waals surface area contributed by atoms with Gasteiger partial charge in [-0.2, -0.15) is 0 Å². The van der Waals surface area contributed by atoms with E-state index < -0.39 is 37.3 Å². The van der Waals surface area contributed by atoms with Crippen LogP contribution in [-0.4, -0.2) is 62.7 Å². The van der Waals surface area contributed by atoms with E-state index in [9.17, 15) is 24.8 Å². The van der Waals surface area contributed by atoms with Crippen LogP contribution in [0.15, 0.2) is 72.9 Å². The van der Waals surface area contributed by atoms with E-state index in [-0.39, 0.29) is 5.82 Å². The highest BCUT2D eigenvalue weighted by molar-refractivity contribution is 5.89. The van der Waals surface area contributed by atoms with E-state index in [0.29, 0.717) is 17.7 Å². The third-order valence-corrected chi connectivity index (χ3v) is 6.35. The Hall–Kier alpha value is -3.27. The molecule has 1 fully saturated rings.